The number of hydrogen-bond acceptors (Lipinski definition) is 6. The van der Waals surface area contributed by atoms with Crippen LogP contribution in [0.15, 0.2) is 30.3 Å². The van der Waals surface area contributed by atoms with Gasteiger partial charge in [0.05, 0.1) is 5.41 Å². The number of benzene rings is 1. The number of carbonyl (C=O) groups excluding carboxylic acids is 1. The van der Waals surface area contributed by atoms with Gasteiger partial charge in [-0.1, -0.05) is 41.7 Å². The molecule has 1 aromatic heterocycles. The van der Waals surface area contributed by atoms with Gasteiger partial charge in [0.15, 0.2) is 0 Å². The van der Waals surface area contributed by atoms with E-state index in [-0.39, 0.29) is 12.0 Å². The number of aromatic nitrogens is 2. The van der Waals surface area contributed by atoms with Crippen molar-refractivity contribution in [2.24, 2.45) is 0 Å². The van der Waals surface area contributed by atoms with Gasteiger partial charge in [0.2, 0.25) is 11.0 Å². The molecule has 0 saturated carbocycles. The molecule has 1 amide bonds. The van der Waals surface area contributed by atoms with Crippen molar-refractivity contribution < 1.29 is 14.3 Å². The molecule has 7 heteroatoms. The highest BCUT2D eigenvalue weighted by Crippen LogP contribution is 2.37. The van der Waals surface area contributed by atoms with E-state index in [2.05, 4.69) is 15.5 Å². The van der Waals surface area contributed by atoms with E-state index in [0.717, 1.165) is 30.0 Å². The summed E-state index contributed by atoms with van der Waals surface area (Å²) in [4.78, 5) is 13.2. The number of anilines is 1. The number of hydrogen-bond donors (Lipinski definition) is 1. The topological polar surface area (TPSA) is 73.3 Å². The highest BCUT2D eigenvalue weighted by Gasteiger charge is 2.42. The number of nitrogens with one attached hydrogen (secondary N) is 1. The minimum atomic E-state index is -0.574. The maximum Gasteiger partial charge on any atom is 0.237 e. The second-order valence-corrected chi connectivity index (χ2v) is 7.47. The molecule has 2 aliphatic rings. The zero-order chi connectivity index (χ0) is 17.1. The van der Waals surface area contributed by atoms with Crippen LogP contribution in [0.3, 0.4) is 0 Å². The highest BCUT2D eigenvalue weighted by atomic mass is 32.1. The van der Waals surface area contributed by atoms with Crippen LogP contribution in [0.1, 0.15) is 42.4 Å². The fourth-order valence-corrected chi connectivity index (χ4v) is 4.35. The minimum absolute atomic E-state index is 0.0225. The Kier molecular flexibility index (Phi) is 4.78. The average Bonchev–Trinajstić information content (AvgIpc) is 3.34. The maximum absolute atomic E-state index is 13.2. The van der Waals surface area contributed by atoms with Crippen molar-refractivity contribution in [3.8, 4) is 0 Å². The van der Waals surface area contributed by atoms with Crippen molar-refractivity contribution >= 4 is 22.4 Å². The van der Waals surface area contributed by atoms with E-state index in [1.54, 1.807) is 0 Å². The molecular formula is C18H21N3O3S. The van der Waals surface area contributed by atoms with Crippen molar-refractivity contribution in [3.63, 3.8) is 0 Å². The van der Waals surface area contributed by atoms with Gasteiger partial charge in [-0.3, -0.25) is 10.1 Å². The van der Waals surface area contributed by atoms with Gasteiger partial charge in [0.1, 0.15) is 11.1 Å². The summed E-state index contributed by atoms with van der Waals surface area (Å²) in [6, 6.07) is 9.94. The highest BCUT2D eigenvalue weighted by molar-refractivity contribution is 7.15. The summed E-state index contributed by atoms with van der Waals surface area (Å²) in [5.41, 5.74) is 0.453. The molecule has 2 aromatic rings. The molecule has 1 aromatic carbocycles. The fraction of sp³-hybridized carbons (Fsp3) is 0.500. The Hall–Kier alpha value is -1.83. The number of ether oxygens (including phenoxy) is 2. The molecule has 2 fully saturated rings. The lowest BCUT2D eigenvalue weighted by atomic mass is 9.73. The molecule has 1 N–H and O–H groups in total. The SMILES string of the molecule is O=C(Nc1nnc(C2CCCO2)s1)C1(c2ccccc2)CCOCC1. The van der Waals surface area contributed by atoms with Gasteiger partial charge < -0.3 is 9.47 Å². The molecule has 25 heavy (non-hydrogen) atoms. The largest absolute Gasteiger partial charge is 0.381 e. The maximum atomic E-state index is 13.2. The van der Waals surface area contributed by atoms with Gasteiger partial charge in [-0.15, -0.1) is 10.2 Å². The molecule has 6 nitrogen and oxygen atoms in total. The predicted octanol–water partition coefficient (Wildman–Crippen LogP) is 3.08. The first-order chi connectivity index (χ1) is 12.3. The van der Waals surface area contributed by atoms with E-state index in [9.17, 15) is 4.79 Å². The van der Waals surface area contributed by atoms with Crippen molar-refractivity contribution in [1.82, 2.24) is 10.2 Å². The van der Waals surface area contributed by atoms with Crippen LogP contribution in [0.25, 0.3) is 0 Å². The Bertz CT molecular complexity index is 722. The Morgan fingerprint density at radius 3 is 2.68 bits per heavy atom. The summed E-state index contributed by atoms with van der Waals surface area (Å²) in [6.07, 6.45) is 3.37. The van der Waals surface area contributed by atoms with Crippen LogP contribution in [0, 0.1) is 0 Å². The number of amides is 1. The van der Waals surface area contributed by atoms with Crippen LogP contribution in [0.4, 0.5) is 5.13 Å². The third-order valence-electron chi connectivity index (χ3n) is 4.97. The first-order valence-corrected chi connectivity index (χ1v) is 9.49. The van der Waals surface area contributed by atoms with E-state index in [4.69, 9.17) is 9.47 Å². The molecule has 0 bridgehead atoms. The molecule has 1 unspecified atom stereocenters. The van der Waals surface area contributed by atoms with Crippen LogP contribution < -0.4 is 5.32 Å². The Balaban J connectivity index is 1.55. The van der Waals surface area contributed by atoms with Crippen molar-refractivity contribution in [1.29, 1.82) is 0 Å². The summed E-state index contributed by atoms with van der Waals surface area (Å²) in [6.45, 7) is 1.93. The van der Waals surface area contributed by atoms with Gasteiger partial charge in [0.25, 0.3) is 0 Å². The molecular weight excluding hydrogens is 338 g/mol. The van der Waals surface area contributed by atoms with Crippen LogP contribution in [-0.4, -0.2) is 35.9 Å². The lowest BCUT2D eigenvalue weighted by Crippen LogP contribution is -2.44. The summed E-state index contributed by atoms with van der Waals surface area (Å²) < 4.78 is 11.1. The summed E-state index contributed by atoms with van der Waals surface area (Å²) in [5, 5.41) is 12.7. The molecule has 2 aliphatic heterocycles. The first kappa shape index (κ1) is 16.6. The van der Waals surface area contributed by atoms with E-state index in [0.29, 0.717) is 31.2 Å². The smallest absolute Gasteiger partial charge is 0.237 e. The Morgan fingerprint density at radius 1 is 1.16 bits per heavy atom. The van der Waals surface area contributed by atoms with E-state index < -0.39 is 5.41 Å². The van der Waals surface area contributed by atoms with Gasteiger partial charge in [-0.05, 0) is 31.2 Å². The molecule has 1 atom stereocenters. The third kappa shape index (κ3) is 3.31. The van der Waals surface area contributed by atoms with Crippen LogP contribution >= 0.6 is 11.3 Å². The van der Waals surface area contributed by atoms with Crippen molar-refractivity contribution in [3.05, 3.63) is 40.9 Å². The van der Waals surface area contributed by atoms with Crippen molar-refractivity contribution in [2.75, 3.05) is 25.1 Å². The van der Waals surface area contributed by atoms with Crippen LogP contribution in [-0.2, 0) is 19.7 Å². The molecule has 4 rings (SSSR count). The normalized spacial score (nSPS) is 22.6. The first-order valence-electron chi connectivity index (χ1n) is 8.68. The second-order valence-electron chi connectivity index (χ2n) is 6.46. The van der Waals surface area contributed by atoms with Crippen LogP contribution in [0.5, 0.6) is 0 Å². The molecule has 0 aliphatic carbocycles. The zero-order valence-electron chi connectivity index (χ0n) is 13.9. The lowest BCUT2D eigenvalue weighted by Gasteiger charge is -2.35. The summed E-state index contributed by atoms with van der Waals surface area (Å²) in [5.74, 6) is -0.0305. The van der Waals surface area contributed by atoms with Gasteiger partial charge in [0, 0.05) is 19.8 Å². The zero-order valence-corrected chi connectivity index (χ0v) is 14.8. The van der Waals surface area contributed by atoms with Crippen LogP contribution in [0.2, 0.25) is 0 Å². The quantitative estimate of drug-likeness (QED) is 0.908. The van der Waals surface area contributed by atoms with E-state index in [1.165, 1.54) is 11.3 Å². The van der Waals surface area contributed by atoms with E-state index >= 15 is 0 Å². The molecule has 0 radical (unpaired) electrons. The summed E-state index contributed by atoms with van der Waals surface area (Å²) >= 11 is 1.41. The second kappa shape index (κ2) is 7.19. The lowest BCUT2D eigenvalue weighted by molar-refractivity contribution is -0.125. The molecule has 132 valence electrons. The monoisotopic (exact) mass is 359 g/mol. The van der Waals surface area contributed by atoms with Crippen molar-refractivity contribution in [2.45, 2.75) is 37.2 Å². The van der Waals surface area contributed by atoms with Gasteiger partial charge in [-0.25, -0.2) is 0 Å². The Morgan fingerprint density at radius 2 is 1.96 bits per heavy atom. The van der Waals surface area contributed by atoms with Gasteiger partial charge >= 0.3 is 0 Å². The third-order valence-corrected chi connectivity index (χ3v) is 5.90. The fourth-order valence-electron chi connectivity index (χ4n) is 3.53. The minimum Gasteiger partial charge on any atom is -0.381 e. The number of nitrogens with zero attached hydrogens (tertiary/aromatic N) is 2. The van der Waals surface area contributed by atoms with E-state index in [1.807, 2.05) is 30.3 Å². The average molecular weight is 359 g/mol. The molecule has 3 heterocycles. The number of rotatable bonds is 4. The predicted molar refractivity (Wildman–Crippen MR) is 94.6 cm³/mol. The van der Waals surface area contributed by atoms with Gasteiger partial charge in [-0.2, -0.15) is 0 Å². The molecule has 0 spiro atoms. The standard InChI is InChI=1S/C18H21N3O3S/c22-16(19-17-21-20-15(25-17)14-7-4-10-24-14)18(8-11-23-12-9-18)13-5-2-1-3-6-13/h1-3,5-6,14H,4,7-12H2,(H,19,21,22). The Labute approximate surface area is 150 Å². The summed E-state index contributed by atoms with van der Waals surface area (Å²) in [7, 11) is 0. The molecule has 2 saturated heterocycles. The number of carbonyl (C=O) groups is 1.